The van der Waals surface area contributed by atoms with Crippen molar-refractivity contribution in [3.8, 4) is 11.5 Å². The van der Waals surface area contributed by atoms with Crippen LogP contribution >= 0.6 is 0 Å². The number of pyridine rings is 1. The normalized spacial score (nSPS) is 12.8. The molecule has 0 saturated carbocycles. The Morgan fingerprint density at radius 1 is 1.28 bits per heavy atom. The number of nitrogens with zero attached hydrogens (tertiary/aromatic N) is 3. The van der Waals surface area contributed by atoms with Gasteiger partial charge in [0.15, 0.2) is 5.82 Å². The maximum absolute atomic E-state index is 9.36. The van der Waals surface area contributed by atoms with Gasteiger partial charge < -0.3 is 9.63 Å². The molecular formula is C13H11N3O2. The third-order valence-corrected chi connectivity index (χ3v) is 2.67. The first-order valence-electron chi connectivity index (χ1n) is 5.61. The van der Waals surface area contributed by atoms with Gasteiger partial charge in [-0.3, -0.25) is 4.98 Å². The lowest BCUT2D eigenvalue weighted by Crippen LogP contribution is -1.92. The van der Waals surface area contributed by atoms with E-state index in [4.69, 9.17) is 4.52 Å². The fourth-order valence-corrected chi connectivity index (χ4v) is 1.73. The van der Waals surface area contributed by atoms with Crippen LogP contribution in [0.5, 0.6) is 0 Å². The highest BCUT2D eigenvalue weighted by Gasteiger charge is 2.12. The molecule has 0 saturated heterocycles. The lowest BCUT2D eigenvalue weighted by molar-refractivity contribution is 0.184. The molecule has 0 aliphatic carbocycles. The van der Waals surface area contributed by atoms with E-state index in [0.29, 0.717) is 5.89 Å². The van der Waals surface area contributed by atoms with Crippen LogP contribution in [-0.4, -0.2) is 20.2 Å². The summed E-state index contributed by atoms with van der Waals surface area (Å²) in [6, 6.07) is 9.55. The highest BCUT2D eigenvalue weighted by Crippen LogP contribution is 2.23. The molecule has 0 fully saturated rings. The number of aromatic nitrogens is 3. The van der Waals surface area contributed by atoms with Gasteiger partial charge in [0, 0.05) is 17.1 Å². The second-order valence-electron chi connectivity index (χ2n) is 4.04. The molecule has 5 nitrogen and oxygen atoms in total. The van der Waals surface area contributed by atoms with Crippen LogP contribution in [0.4, 0.5) is 0 Å². The van der Waals surface area contributed by atoms with E-state index in [1.54, 1.807) is 13.1 Å². The number of hydrogen-bond acceptors (Lipinski definition) is 5. The van der Waals surface area contributed by atoms with E-state index in [2.05, 4.69) is 15.1 Å². The Hall–Kier alpha value is -2.27. The Kier molecular flexibility index (Phi) is 2.53. The zero-order valence-corrected chi connectivity index (χ0v) is 9.74. The molecule has 1 N–H and O–H groups in total. The van der Waals surface area contributed by atoms with Crippen molar-refractivity contribution in [1.82, 2.24) is 15.1 Å². The van der Waals surface area contributed by atoms with Crippen molar-refractivity contribution in [3.05, 3.63) is 42.4 Å². The molecule has 0 amide bonds. The molecule has 18 heavy (non-hydrogen) atoms. The van der Waals surface area contributed by atoms with Crippen molar-refractivity contribution >= 4 is 10.9 Å². The predicted octanol–water partition coefficient (Wildman–Crippen LogP) is 2.34. The molecule has 3 aromatic rings. The van der Waals surface area contributed by atoms with Gasteiger partial charge in [0.2, 0.25) is 0 Å². The first-order valence-corrected chi connectivity index (χ1v) is 5.61. The average Bonchev–Trinajstić information content (AvgIpc) is 2.88. The van der Waals surface area contributed by atoms with Gasteiger partial charge in [0.1, 0.15) is 6.10 Å². The summed E-state index contributed by atoms with van der Waals surface area (Å²) in [5.74, 6) is 0.688. The fourth-order valence-electron chi connectivity index (χ4n) is 1.73. The van der Waals surface area contributed by atoms with E-state index in [0.717, 1.165) is 16.5 Å². The van der Waals surface area contributed by atoms with E-state index in [1.165, 1.54) is 0 Å². The van der Waals surface area contributed by atoms with Gasteiger partial charge >= 0.3 is 0 Å². The highest BCUT2D eigenvalue weighted by atomic mass is 16.5. The molecule has 0 aliphatic heterocycles. The quantitative estimate of drug-likeness (QED) is 0.745. The summed E-state index contributed by atoms with van der Waals surface area (Å²) in [7, 11) is 0. The Labute approximate surface area is 103 Å². The minimum Gasteiger partial charge on any atom is -0.385 e. The van der Waals surface area contributed by atoms with Crippen molar-refractivity contribution in [3.63, 3.8) is 0 Å². The minimum absolute atomic E-state index is 0.288. The molecule has 3 rings (SSSR count). The lowest BCUT2D eigenvalue weighted by atomic mass is 10.1. The molecule has 90 valence electrons. The first kappa shape index (κ1) is 10.9. The van der Waals surface area contributed by atoms with Gasteiger partial charge in [-0.05, 0) is 31.2 Å². The summed E-state index contributed by atoms with van der Waals surface area (Å²) in [6.45, 7) is 1.60. The van der Waals surface area contributed by atoms with Crippen LogP contribution in [0, 0.1) is 0 Å². The third-order valence-electron chi connectivity index (χ3n) is 2.67. The molecule has 2 aromatic heterocycles. The number of rotatable bonds is 2. The monoisotopic (exact) mass is 241 g/mol. The van der Waals surface area contributed by atoms with Crippen molar-refractivity contribution in [2.24, 2.45) is 0 Å². The van der Waals surface area contributed by atoms with Crippen LogP contribution in [0.2, 0.25) is 0 Å². The average molecular weight is 241 g/mol. The van der Waals surface area contributed by atoms with Gasteiger partial charge in [-0.1, -0.05) is 11.2 Å². The van der Waals surface area contributed by atoms with E-state index < -0.39 is 6.10 Å². The molecule has 1 unspecified atom stereocenters. The second kappa shape index (κ2) is 4.19. The number of hydrogen-bond donors (Lipinski definition) is 1. The zero-order chi connectivity index (χ0) is 12.5. The summed E-state index contributed by atoms with van der Waals surface area (Å²) in [5.41, 5.74) is 1.73. The fraction of sp³-hybridized carbons (Fsp3) is 0.154. The Morgan fingerprint density at radius 3 is 2.94 bits per heavy atom. The molecule has 1 atom stereocenters. The Bertz CT molecular complexity index is 691. The van der Waals surface area contributed by atoms with Crippen molar-refractivity contribution in [1.29, 1.82) is 0 Å². The largest absolute Gasteiger partial charge is 0.385 e. The van der Waals surface area contributed by atoms with Gasteiger partial charge in [-0.2, -0.15) is 4.98 Å². The maximum atomic E-state index is 9.36. The molecule has 0 spiro atoms. The van der Waals surface area contributed by atoms with Gasteiger partial charge in [-0.25, -0.2) is 0 Å². The summed E-state index contributed by atoms with van der Waals surface area (Å²) in [5, 5.41) is 14.1. The minimum atomic E-state index is -0.732. The second-order valence-corrected chi connectivity index (χ2v) is 4.04. The van der Waals surface area contributed by atoms with Crippen molar-refractivity contribution in [2.45, 2.75) is 13.0 Å². The summed E-state index contributed by atoms with van der Waals surface area (Å²) in [6.07, 6.45) is 1.02. The summed E-state index contributed by atoms with van der Waals surface area (Å²) >= 11 is 0. The number of fused-ring (bicyclic) bond motifs is 1. The topological polar surface area (TPSA) is 72.0 Å². The molecule has 0 bridgehead atoms. The van der Waals surface area contributed by atoms with Gasteiger partial charge in [0.25, 0.3) is 5.89 Å². The highest BCUT2D eigenvalue weighted by molar-refractivity contribution is 5.82. The van der Waals surface area contributed by atoms with E-state index >= 15 is 0 Å². The van der Waals surface area contributed by atoms with Gasteiger partial charge in [0.05, 0.1) is 5.52 Å². The van der Waals surface area contributed by atoms with Crippen LogP contribution in [0.15, 0.2) is 41.1 Å². The van der Waals surface area contributed by atoms with Crippen LogP contribution in [0.3, 0.4) is 0 Å². The summed E-state index contributed by atoms with van der Waals surface area (Å²) in [4.78, 5) is 8.38. The smallest absolute Gasteiger partial charge is 0.258 e. The number of benzene rings is 1. The molecular weight excluding hydrogens is 230 g/mol. The lowest BCUT2D eigenvalue weighted by Gasteiger charge is -1.98. The van der Waals surface area contributed by atoms with Crippen LogP contribution in [0.25, 0.3) is 22.4 Å². The maximum Gasteiger partial charge on any atom is 0.258 e. The van der Waals surface area contributed by atoms with Crippen LogP contribution in [0.1, 0.15) is 18.9 Å². The zero-order valence-electron chi connectivity index (χ0n) is 9.74. The number of aliphatic hydroxyl groups excluding tert-OH is 1. The van der Waals surface area contributed by atoms with Crippen molar-refractivity contribution < 1.29 is 9.63 Å². The molecule has 0 radical (unpaired) electrons. The first-order chi connectivity index (χ1) is 8.74. The van der Waals surface area contributed by atoms with Crippen LogP contribution < -0.4 is 0 Å². The van der Waals surface area contributed by atoms with E-state index in [1.807, 2.05) is 30.3 Å². The van der Waals surface area contributed by atoms with E-state index in [9.17, 15) is 5.11 Å². The van der Waals surface area contributed by atoms with Crippen LogP contribution in [-0.2, 0) is 0 Å². The number of aliphatic hydroxyl groups is 1. The molecule has 5 heteroatoms. The molecule has 1 aromatic carbocycles. The standard InChI is InChI=1S/C13H11N3O2/c1-8(17)12-15-13(18-16-12)10-4-5-11-9(7-10)3-2-6-14-11/h2-8,17H,1H3. The van der Waals surface area contributed by atoms with Gasteiger partial charge in [-0.15, -0.1) is 0 Å². The molecule has 2 heterocycles. The molecule has 0 aliphatic rings. The summed E-state index contributed by atoms with van der Waals surface area (Å²) < 4.78 is 5.12. The Balaban J connectivity index is 2.07. The SMILES string of the molecule is CC(O)c1noc(-c2ccc3ncccc3c2)n1. The Morgan fingerprint density at radius 2 is 2.17 bits per heavy atom. The van der Waals surface area contributed by atoms with E-state index in [-0.39, 0.29) is 5.82 Å². The van der Waals surface area contributed by atoms with Crippen molar-refractivity contribution in [2.75, 3.05) is 0 Å². The third kappa shape index (κ3) is 1.84. The predicted molar refractivity (Wildman–Crippen MR) is 65.7 cm³/mol.